The number of aromatic nitrogens is 2. The number of aryl methyl sites for hydroxylation is 3. The number of hydrogen-bond donors (Lipinski definition) is 0. The molecule has 0 aliphatic carbocycles. The fourth-order valence-electron chi connectivity index (χ4n) is 4.26. The topological polar surface area (TPSA) is 31.9 Å². The molecule has 5 rings (SSSR count). The standard InChI is InChI=1S/C28H24N3.3CH3.Zr/c1-19-17-20(2)27(21(3)18-19)29-26-14-13-23-15-16-31(28(23)30-26)25-12-8-7-11-24(25)22-9-5-4-6-10-22;;;;/h4-18H,1-3H3;3*1H3;/q4*-1;+4. The van der Waals surface area contributed by atoms with E-state index in [0.29, 0.717) is 0 Å². The Morgan fingerprint density at radius 3 is 2.03 bits per heavy atom. The van der Waals surface area contributed by atoms with E-state index in [1.165, 1.54) is 27.8 Å². The molecule has 176 valence electrons. The summed E-state index contributed by atoms with van der Waals surface area (Å²) in [5.41, 5.74) is 8.97. The summed E-state index contributed by atoms with van der Waals surface area (Å²) in [7, 11) is 0. The van der Waals surface area contributed by atoms with E-state index in [2.05, 4.69) is 104 Å². The summed E-state index contributed by atoms with van der Waals surface area (Å²) in [6.07, 6.45) is 2.09. The third-order valence-electron chi connectivity index (χ3n) is 5.63. The monoisotopic (exact) mass is 537 g/mol. The Bertz CT molecular complexity index is 1360. The molecule has 4 heteroatoms. The fraction of sp³-hybridized carbons (Fsp3) is 0.0968. The molecule has 2 heterocycles. The molecule has 2 aromatic heterocycles. The number of benzene rings is 3. The first-order chi connectivity index (χ1) is 15.1. The minimum atomic E-state index is 0. The zero-order valence-corrected chi connectivity index (χ0v) is 24.0. The van der Waals surface area contributed by atoms with Crippen LogP contribution < -0.4 is 0 Å². The molecule has 0 amide bonds. The van der Waals surface area contributed by atoms with Crippen molar-refractivity contribution < 1.29 is 26.2 Å². The van der Waals surface area contributed by atoms with Crippen LogP contribution in [0.15, 0.2) is 91.1 Å². The molecule has 0 aliphatic rings. The van der Waals surface area contributed by atoms with Crippen LogP contribution in [0.2, 0.25) is 0 Å². The van der Waals surface area contributed by atoms with E-state index in [-0.39, 0.29) is 48.5 Å². The van der Waals surface area contributed by atoms with Crippen molar-refractivity contribution in [3.8, 4) is 16.8 Å². The Labute approximate surface area is 230 Å². The van der Waals surface area contributed by atoms with E-state index in [4.69, 9.17) is 10.3 Å². The molecule has 0 fully saturated rings. The van der Waals surface area contributed by atoms with Crippen molar-refractivity contribution in [3.63, 3.8) is 0 Å². The maximum absolute atomic E-state index is 4.94. The second kappa shape index (κ2) is 12.7. The van der Waals surface area contributed by atoms with Gasteiger partial charge in [0, 0.05) is 17.4 Å². The van der Waals surface area contributed by atoms with E-state index in [9.17, 15) is 0 Å². The van der Waals surface area contributed by atoms with Crippen LogP contribution in [-0.4, -0.2) is 9.55 Å². The van der Waals surface area contributed by atoms with Gasteiger partial charge in [-0.15, -0.1) is 0 Å². The van der Waals surface area contributed by atoms with E-state index >= 15 is 0 Å². The molecule has 0 unspecified atom stereocenters. The van der Waals surface area contributed by atoms with Gasteiger partial charge in [-0.25, -0.2) is 0 Å². The largest absolute Gasteiger partial charge is 4.00 e. The summed E-state index contributed by atoms with van der Waals surface area (Å²) in [6.45, 7) is 6.33. The van der Waals surface area contributed by atoms with Crippen molar-refractivity contribution in [2.75, 3.05) is 0 Å². The predicted molar refractivity (Wildman–Crippen MR) is 149 cm³/mol. The van der Waals surface area contributed by atoms with E-state index in [0.717, 1.165) is 28.2 Å². The molecule has 3 nitrogen and oxygen atoms in total. The molecule has 35 heavy (non-hydrogen) atoms. The Balaban J connectivity index is 0.00000153. The Hall–Kier alpha value is -2.97. The number of hydrogen-bond acceptors (Lipinski definition) is 1. The maximum Gasteiger partial charge on any atom is 4.00 e. The van der Waals surface area contributed by atoms with Crippen LogP contribution in [0.4, 0.5) is 11.5 Å². The summed E-state index contributed by atoms with van der Waals surface area (Å²) in [5.74, 6) is 0.722. The quantitative estimate of drug-likeness (QED) is 0.210. The van der Waals surface area contributed by atoms with Crippen molar-refractivity contribution in [2.45, 2.75) is 20.8 Å². The van der Waals surface area contributed by atoms with Crippen LogP contribution in [0.3, 0.4) is 0 Å². The van der Waals surface area contributed by atoms with E-state index in [1.54, 1.807) is 0 Å². The molecule has 0 atom stereocenters. The van der Waals surface area contributed by atoms with Crippen molar-refractivity contribution in [3.05, 3.63) is 135 Å². The summed E-state index contributed by atoms with van der Waals surface area (Å²) < 4.78 is 2.16. The third-order valence-corrected chi connectivity index (χ3v) is 5.63. The minimum Gasteiger partial charge on any atom is -0.436 e. The summed E-state index contributed by atoms with van der Waals surface area (Å²) in [6, 6.07) is 29.5. The Kier molecular flexibility index (Phi) is 10.9. The molecule has 0 N–H and O–H groups in total. The van der Waals surface area contributed by atoms with Gasteiger partial charge in [0.05, 0.1) is 5.69 Å². The van der Waals surface area contributed by atoms with Gasteiger partial charge in [-0.1, -0.05) is 84.2 Å². The number of fused-ring (bicyclic) bond motifs is 1. The molecule has 0 spiro atoms. The summed E-state index contributed by atoms with van der Waals surface area (Å²) in [5, 5.41) is 6.00. The zero-order valence-electron chi connectivity index (χ0n) is 21.5. The average Bonchev–Trinajstić information content (AvgIpc) is 3.20. The maximum atomic E-state index is 4.94. The molecule has 0 saturated heterocycles. The van der Waals surface area contributed by atoms with Gasteiger partial charge in [-0.3, -0.25) is 0 Å². The first kappa shape index (κ1) is 30.1. The van der Waals surface area contributed by atoms with Gasteiger partial charge in [0.2, 0.25) is 0 Å². The van der Waals surface area contributed by atoms with E-state index < -0.39 is 0 Å². The molecule has 0 aliphatic heterocycles. The molecular weight excluding hydrogens is 506 g/mol. The third kappa shape index (κ3) is 6.00. The second-order valence-corrected chi connectivity index (χ2v) is 8.01. The van der Waals surface area contributed by atoms with Gasteiger partial charge in [-0.2, -0.15) is 0 Å². The zero-order chi connectivity index (χ0) is 21.4. The number of rotatable bonds is 4. The van der Waals surface area contributed by atoms with Crippen molar-refractivity contribution >= 4 is 22.5 Å². The molecule has 5 aromatic rings. The Morgan fingerprint density at radius 1 is 0.714 bits per heavy atom. The summed E-state index contributed by atoms with van der Waals surface area (Å²) in [4.78, 5) is 4.94. The number of pyridine rings is 1. The van der Waals surface area contributed by atoms with Crippen LogP contribution in [0, 0.1) is 43.1 Å². The van der Waals surface area contributed by atoms with Crippen LogP contribution in [0.1, 0.15) is 16.7 Å². The van der Waals surface area contributed by atoms with Crippen LogP contribution in [0.25, 0.3) is 33.2 Å². The van der Waals surface area contributed by atoms with Gasteiger partial charge >= 0.3 is 26.2 Å². The molecule has 0 radical (unpaired) electrons. The van der Waals surface area contributed by atoms with Crippen LogP contribution in [0.5, 0.6) is 0 Å². The molecular formula is C31H33N3Zr. The fourth-order valence-corrected chi connectivity index (χ4v) is 4.26. The van der Waals surface area contributed by atoms with Crippen molar-refractivity contribution in [2.24, 2.45) is 0 Å². The normalized spacial score (nSPS) is 9.80. The van der Waals surface area contributed by atoms with Gasteiger partial charge in [-0.05, 0) is 60.7 Å². The second-order valence-electron chi connectivity index (χ2n) is 8.01. The first-order valence-electron chi connectivity index (χ1n) is 10.5. The minimum absolute atomic E-state index is 0. The summed E-state index contributed by atoms with van der Waals surface area (Å²) >= 11 is 0. The average molecular weight is 539 g/mol. The Morgan fingerprint density at radius 2 is 1.34 bits per heavy atom. The van der Waals surface area contributed by atoms with Crippen LogP contribution in [-0.2, 0) is 26.2 Å². The smallest absolute Gasteiger partial charge is 0.436 e. The van der Waals surface area contributed by atoms with Crippen LogP contribution >= 0.6 is 0 Å². The molecule has 3 aromatic carbocycles. The predicted octanol–water partition coefficient (Wildman–Crippen LogP) is 9.30. The van der Waals surface area contributed by atoms with Crippen molar-refractivity contribution in [1.29, 1.82) is 0 Å². The van der Waals surface area contributed by atoms with Gasteiger partial charge in [0.15, 0.2) is 0 Å². The molecule has 0 bridgehead atoms. The number of nitrogens with zero attached hydrogens (tertiary/aromatic N) is 3. The van der Waals surface area contributed by atoms with Gasteiger partial charge in [0.1, 0.15) is 0 Å². The molecule has 0 saturated carbocycles. The van der Waals surface area contributed by atoms with Gasteiger partial charge < -0.3 is 37.1 Å². The van der Waals surface area contributed by atoms with Gasteiger partial charge in [0.25, 0.3) is 0 Å². The SMILES string of the molecule is Cc1cc(C)c([N-]c2ccc3ccn(-c4ccccc4-c4ccccc4)c3n2)c(C)c1.[CH3-].[CH3-].[CH3-].[Zr+4]. The first-order valence-corrected chi connectivity index (χ1v) is 10.5. The van der Waals surface area contributed by atoms with E-state index in [1.807, 2.05) is 12.1 Å². The number of para-hydroxylation sites is 1. The van der Waals surface area contributed by atoms with Crippen molar-refractivity contribution in [1.82, 2.24) is 9.55 Å².